The van der Waals surface area contributed by atoms with Gasteiger partial charge >= 0.3 is 0 Å². The Bertz CT molecular complexity index is 424. The summed E-state index contributed by atoms with van der Waals surface area (Å²) in [6, 6.07) is -0.420. The molecule has 100 valence electrons. The predicted molar refractivity (Wildman–Crippen MR) is 69.4 cm³/mol. The van der Waals surface area contributed by atoms with E-state index in [9.17, 15) is 4.79 Å². The highest BCUT2D eigenvalue weighted by atomic mass is 16.5. The average Bonchev–Trinajstić information content (AvgIpc) is 2.39. The van der Waals surface area contributed by atoms with Crippen molar-refractivity contribution in [1.29, 1.82) is 0 Å². The molecule has 1 aromatic rings. The van der Waals surface area contributed by atoms with Crippen LogP contribution in [0.3, 0.4) is 0 Å². The van der Waals surface area contributed by atoms with E-state index in [1.807, 2.05) is 6.92 Å². The van der Waals surface area contributed by atoms with Gasteiger partial charge in [-0.2, -0.15) is 4.98 Å². The van der Waals surface area contributed by atoms with Crippen molar-refractivity contribution < 1.29 is 9.53 Å². The number of amides is 1. The lowest BCUT2D eigenvalue weighted by Crippen LogP contribution is -2.39. The minimum atomic E-state index is -0.420. The van der Waals surface area contributed by atoms with Crippen LogP contribution in [0.25, 0.3) is 0 Å². The van der Waals surface area contributed by atoms with Crippen molar-refractivity contribution in [2.24, 2.45) is 0 Å². The van der Waals surface area contributed by atoms with Crippen molar-refractivity contribution in [3.63, 3.8) is 0 Å². The molecule has 0 aliphatic carbocycles. The van der Waals surface area contributed by atoms with Crippen molar-refractivity contribution in [3.8, 4) is 5.88 Å². The van der Waals surface area contributed by atoms with Crippen molar-refractivity contribution in [3.05, 3.63) is 6.33 Å². The number of hydrogen-bond donors (Lipinski definition) is 2. The third kappa shape index (κ3) is 2.99. The summed E-state index contributed by atoms with van der Waals surface area (Å²) in [7, 11) is 3.21. The van der Waals surface area contributed by atoms with E-state index in [4.69, 9.17) is 10.5 Å². The quantitative estimate of drug-likeness (QED) is 0.786. The monoisotopic (exact) mass is 253 g/mol. The first-order valence-corrected chi connectivity index (χ1v) is 5.67. The maximum Gasteiger partial charge on any atom is 0.244 e. The van der Waals surface area contributed by atoms with E-state index >= 15 is 0 Å². The zero-order valence-electron chi connectivity index (χ0n) is 11.1. The fraction of sp³-hybridized carbons (Fsp3) is 0.545. The molecule has 18 heavy (non-hydrogen) atoms. The van der Waals surface area contributed by atoms with E-state index in [0.29, 0.717) is 18.1 Å². The lowest BCUT2D eigenvalue weighted by Gasteiger charge is -2.21. The molecule has 0 fully saturated rings. The lowest BCUT2D eigenvalue weighted by molar-refractivity contribution is -0.130. The molecular formula is C11H19N5O2. The molecule has 1 rings (SSSR count). The molecule has 7 nitrogen and oxygen atoms in total. The SMILES string of the molecule is CCN(C)C(=O)C(C)Nc1ncnc(OC)c1N. The van der Waals surface area contributed by atoms with Gasteiger partial charge in [0, 0.05) is 13.6 Å². The van der Waals surface area contributed by atoms with Gasteiger partial charge < -0.3 is 20.7 Å². The number of carbonyl (C=O) groups excluding carboxylic acids is 1. The van der Waals surface area contributed by atoms with E-state index < -0.39 is 6.04 Å². The van der Waals surface area contributed by atoms with Gasteiger partial charge in [0.25, 0.3) is 0 Å². The van der Waals surface area contributed by atoms with Crippen molar-refractivity contribution >= 4 is 17.4 Å². The highest BCUT2D eigenvalue weighted by molar-refractivity contribution is 5.85. The van der Waals surface area contributed by atoms with Gasteiger partial charge in [0.15, 0.2) is 5.82 Å². The Morgan fingerprint density at radius 2 is 2.28 bits per heavy atom. The van der Waals surface area contributed by atoms with Gasteiger partial charge in [0.1, 0.15) is 18.1 Å². The second-order valence-corrected chi connectivity index (χ2v) is 3.86. The first-order valence-electron chi connectivity index (χ1n) is 5.67. The van der Waals surface area contributed by atoms with Crippen LogP contribution in [-0.2, 0) is 4.79 Å². The molecule has 0 aromatic carbocycles. The Labute approximate surface area is 106 Å². The van der Waals surface area contributed by atoms with Gasteiger partial charge in [-0.05, 0) is 13.8 Å². The average molecular weight is 253 g/mol. The standard InChI is InChI=1S/C11H19N5O2/c1-5-16(3)11(17)7(2)15-9-8(12)10(18-4)14-6-13-9/h6-7H,5,12H2,1-4H3,(H,13,14,15). The van der Waals surface area contributed by atoms with Crippen LogP contribution in [0.4, 0.5) is 11.5 Å². The molecule has 1 aromatic heterocycles. The van der Waals surface area contributed by atoms with Gasteiger partial charge in [-0.1, -0.05) is 0 Å². The minimum Gasteiger partial charge on any atom is -0.479 e. The number of methoxy groups -OCH3 is 1. The zero-order valence-corrected chi connectivity index (χ0v) is 11.1. The summed E-state index contributed by atoms with van der Waals surface area (Å²) < 4.78 is 4.98. The molecule has 0 aliphatic rings. The number of anilines is 2. The van der Waals surface area contributed by atoms with Crippen LogP contribution in [0.1, 0.15) is 13.8 Å². The van der Waals surface area contributed by atoms with Gasteiger partial charge in [-0.15, -0.1) is 0 Å². The second-order valence-electron chi connectivity index (χ2n) is 3.86. The number of likely N-dealkylation sites (N-methyl/N-ethyl adjacent to an activating group) is 1. The number of rotatable bonds is 5. The molecule has 0 saturated heterocycles. The Morgan fingerprint density at radius 3 is 2.83 bits per heavy atom. The molecule has 0 spiro atoms. The normalized spacial score (nSPS) is 11.8. The van der Waals surface area contributed by atoms with E-state index in [1.165, 1.54) is 13.4 Å². The number of carbonyl (C=O) groups is 1. The Kier molecular flexibility index (Phi) is 4.70. The summed E-state index contributed by atoms with van der Waals surface area (Å²) in [5.74, 6) is 0.651. The maximum atomic E-state index is 11.9. The summed E-state index contributed by atoms with van der Waals surface area (Å²) in [4.78, 5) is 21.4. The van der Waals surface area contributed by atoms with E-state index in [-0.39, 0.29) is 11.8 Å². The fourth-order valence-electron chi connectivity index (χ4n) is 1.41. The highest BCUT2D eigenvalue weighted by Crippen LogP contribution is 2.24. The number of nitrogens with one attached hydrogen (secondary N) is 1. The molecule has 1 unspecified atom stereocenters. The number of nitrogen functional groups attached to an aromatic ring is 1. The van der Waals surface area contributed by atoms with Crippen LogP contribution in [0.5, 0.6) is 5.88 Å². The molecule has 1 atom stereocenters. The van der Waals surface area contributed by atoms with Crippen LogP contribution in [0, 0.1) is 0 Å². The first kappa shape index (κ1) is 14.0. The lowest BCUT2D eigenvalue weighted by atomic mass is 10.3. The summed E-state index contributed by atoms with van der Waals surface area (Å²) in [5, 5.41) is 2.95. The Hall–Kier alpha value is -2.05. The van der Waals surface area contributed by atoms with Gasteiger partial charge in [-0.25, -0.2) is 4.98 Å². The molecule has 3 N–H and O–H groups in total. The molecule has 7 heteroatoms. The van der Waals surface area contributed by atoms with E-state index in [0.717, 1.165) is 0 Å². The van der Waals surface area contributed by atoms with Crippen molar-refractivity contribution in [2.75, 3.05) is 31.8 Å². The van der Waals surface area contributed by atoms with Crippen molar-refractivity contribution in [1.82, 2.24) is 14.9 Å². The Balaban J connectivity index is 2.82. The Morgan fingerprint density at radius 1 is 1.61 bits per heavy atom. The van der Waals surface area contributed by atoms with Crippen LogP contribution < -0.4 is 15.8 Å². The molecule has 1 amide bonds. The van der Waals surface area contributed by atoms with Gasteiger partial charge in [0.05, 0.1) is 7.11 Å². The highest BCUT2D eigenvalue weighted by Gasteiger charge is 2.18. The number of nitrogens with two attached hydrogens (primary N) is 1. The van der Waals surface area contributed by atoms with Gasteiger partial charge in [0.2, 0.25) is 11.8 Å². The number of aromatic nitrogens is 2. The largest absolute Gasteiger partial charge is 0.479 e. The summed E-state index contributed by atoms with van der Waals surface area (Å²) in [5.41, 5.74) is 6.10. The zero-order chi connectivity index (χ0) is 13.7. The van der Waals surface area contributed by atoms with Gasteiger partial charge in [-0.3, -0.25) is 4.79 Å². The first-order chi connectivity index (χ1) is 8.51. The molecule has 0 bridgehead atoms. The maximum absolute atomic E-state index is 11.9. The fourth-order valence-corrected chi connectivity index (χ4v) is 1.41. The predicted octanol–water partition coefficient (Wildman–Crippen LogP) is 0.346. The smallest absolute Gasteiger partial charge is 0.244 e. The van der Waals surface area contributed by atoms with Crippen LogP contribution in [0.15, 0.2) is 6.33 Å². The summed E-state index contributed by atoms with van der Waals surface area (Å²) >= 11 is 0. The number of hydrogen-bond acceptors (Lipinski definition) is 6. The van der Waals surface area contributed by atoms with E-state index in [1.54, 1.807) is 18.9 Å². The third-order valence-corrected chi connectivity index (χ3v) is 2.61. The van der Waals surface area contributed by atoms with Crippen LogP contribution in [-0.4, -0.2) is 47.5 Å². The topological polar surface area (TPSA) is 93.4 Å². The second kappa shape index (κ2) is 6.04. The van der Waals surface area contributed by atoms with E-state index in [2.05, 4.69) is 15.3 Å². The number of ether oxygens (including phenoxy) is 1. The van der Waals surface area contributed by atoms with Crippen molar-refractivity contribution in [2.45, 2.75) is 19.9 Å². The molecule has 0 saturated carbocycles. The summed E-state index contributed by atoms with van der Waals surface area (Å²) in [6.45, 7) is 4.31. The van der Waals surface area contributed by atoms with Crippen LogP contribution in [0.2, 0.25) is 0 Å². The van der Waals surface area contributed by atoms with Crippen LogP contribution >= 0.6 is 0 Å². The molecule has 1 heterocycles. The molecule has 0 radical (unpaired) electrons. The third-order valence-electron chi connectivity index (χ3n) is 2.61. The number of nitrogens with zero attached hydrogens (tertiary/aromatic N) is 3. The molecule has 0 aliphatic heterocycles. The summed E-state index contributed by atoms with van der Waals surface area (Å²) in [6.07, 6.45) is 1.33. The minimum absolute atomic E-state index is 0.0329. The molecular weight excluding hydrogens is 234 g/mol.